The van der Waals surface area contributed by atoms with Gasteiger partial charge < -0.3 is 20.9 Å². The van der Waals surface area contributed by atoms with Crippen LogP contribution in [0.2, 0.25) is 0 Å². The van der Waals surface area contributed by atoms with Crippen molar-refractivity contribution in [2.24, 2.45) is 0 Å². The lowest BCUT2D eigenvalue weighted by Crippen LogP contribution is -2.32. The lowest BCUT2D eigenvalue weighted by atomic mass is 9.97. The number of nitriles is 1. The highest BCUT2D eigenvalue weighted by Gasteiger charge is 2.16. The van der Waals surface area contributed by atoms with E-state index in [1.807, 2.05) is 55.5 Å². The van der Waals surface area contributed by atoms with Crippen molar-refractivity contribution in [2.75, 3.05) is 18.9 Å². The van der Waals surface area contributed by atoms with E-state index in [1.165, 1.54) is 6.07 Å². The van der Waals surface area contributed by atoms with E-state index < -0.39 is 11.9 Å². The van der Waals surface area contributed by atoms with Crippen LogP contribution >= 0.6 is 0 Å². The molecule has 0 fully saturated rings. The van der Waals surface area contributed by atoms with E-state index >= 15 is 0 Å². The lowest BCUT2D eigenvalue weighted by molar-refractivity contribution is 0.0527. The van der Waals surface area contributed by atoms with E-state index in [1.54, 1.807) is 13.0 Å². The van der Waals surface area contributed by atoms with Crippen LogP contribution in [0.3, 0.4) is 0 Å². The monoisotopic (exact) mass is 461 g/mol. The van der Waals surface area contributed by atoms with Crippen LogP contribution in [-0.2, 0) is 11.2 Å². The van der Waals surface area contributed by atoms with E-state index in [2.05, 4.69) is 5.32 Å². The summed E-state index contributed by atoms with van der Waals surface area (Å²) >= 11 is 0. The molecule has 3 aromatic rings. The van der Waals surface area contributed by atoms with Gasteiger partial charge in [-0.2, -0.15) is 5.26 Å². The summed E-state index contributed by atoms with van der Waals surface area (Å²) in [5.41, 5.74) is 8.97. The Labute approximate surface area is 198 Å². The summed E-state index contributed by atoms with van der Waals surface area (Å²) in [4.78, 5) is 12.3. The number of aliphatic hydroxyl groups excluding tert-OH is 1. The molecule has 6 nitrogen and oxygen atoms in total. The van der Waals surface area contributed by atoms with Crippen LogP contribution in [0.25, 0.3) is 11.1 Å². The molecule has 0 aliphatic rings. The highest BCUT2D eigenvalue weighted by Crippen LogP contribution is 2.25. The average Bonchev–Trinajstić information content (AvgIpc) is 2.84. The second-order valence-electron chi connectivity index (χ2n) is 8.07. The Morgan fingerprint density at radius 1 is 1.21 bits per heavy atom. The number of hydrogen-bond donors (Lipinski definition) is 3. The summed E-state index contributed by atoms with van der Waals surface area (Å²) in [7, 11) is 0. The van der Waals surface area contributed by atoms with E-state index in [0.29, 0.717) is 24.2 Å². The lowest BCUT2D eigenvalue weighted by Gasteiger charge is -2.18. The van der Waals surface area contributed by atoms with E-state index in [4.69, 9.17) is 15.7 Å². The van der Waals surface area contributed by atoms with Crippen molar-refractivity contribution in [3.8, 4) is 17.2 Å². The zero-order valence-corrected chi connectivity index (χ0v) is 19.2. The molecule has 2 unspecified atom stereocenters. The molecule has 0 spiro atoms. The zero-order valence-electron chi connectivity index (χ0n) is 19.2. The largest absolute Gasteiger partial charge is 0.462 e. The van der Waals surface area contributed by atoms with Crippen LogP contribution in [0.15, 0.2) is 60.7 Å². The fourth-order valence-corrected chi connectivity index (χ4v) is 3.72. The molecular weight excluding hydrogens is 433 g/mol. The van der Waals surface area contributed by atoms with Crippen LogP contribution in [0.5, 0.6) is 0 Å². The minimum absolute atomic E-state index is 0.00622. The standard InChI is InChI=1S/C27H28FN3O3/c1-3-34-27(33)23-7-5-4-6-22(23)19-10-8-18(9-11-19)12-17(2)31-16-25(32)20-13-21(15-29)26(30)24(28)14-20/h4-11,13-14,17,25,31-32H,3,12,16,30H2,1-2H3. The molecule has 176 valence electrons. The van der Waals surface area contributed by atoms with Gasteiger partial charge in [-0.1, -0.05) is 42.5 Å². The number of nitrogens with zero attached hydrogens (tertiary/aromatic N) is 1. The maximum Gasteiger partial charge on any atom is 0.338 e. The van der Waals surface area contributed by atoms with Crippen molar-refractivity contribution in [1.82, 2.24) is 5.32 Å². The summed E-state index contributed by atoms with van der Waals surface area (Å²) in [5, 5.41) is 22.7. The van der Waals surface area contributed by atoms with Gasteiger partial charge in [0.1, 0.15) is 11.9 Å². The summed E-state index contributed by atoms with van der Waals surface area (Å²) in [6, 6.07) is 19.7. The number of ether oxygens (including phenoxy) is 1. The molecule has 2 atom stereocenters. The predicted molar refractivity (Wildman–Crippen MR) is 129 cm³/mol. The molecule has 4 N–H and O–H groups in total. The van der Waals surface area contributed by atoms with Crippen LogP contribution in [-0.4, -0.2) is 30.3 Å². The molecule has 34 heavy (non-hydrogen) atoms. The van der Waals surface area contributed by atoms with Crippen LogP contribution in [0.1, 0.15) is 47.0 Å². The summed E-state index contributed by atoms with van der Waals surface area (Å²) in [5.74, 6) is -1.06. The number of nitrogens with two attached hydrogens (primary N) is 1. The maximum atomic E-state index is 13.9. The Hall–Kier alpha value is -3.73. The van der Waals surface area contributed by atoms with E-state index in [-0.39, 0.29) is 29.8 Å². The molecule has 0 radical (unpaired) electrons. The molecule has 0 saturated heterocycles. The van der Waals surface area contributed by atoms with Crippen molar-refractivity contribution in [3.63, 3.8) is 0 Å². The molecule has 0 aliphatic heterocycles. The Morgan fingerprint density at radius 3 is 2.59 bits per heavy atom. The SMILES string of the molecule is CCOC(=O)c1ccccc1-c1ccc(CC(C)NCC(O)c2cc(F)c(N)c(C#N)c2)cc1. The molecular formula is C27H28FN3O3. The first kappa shape index (κ1) is 24.9. The van der Waals surface area contributed by atoms with Crippen LogP contribution in [0, 0.1) is 17.1 Å². The number of carbonyl (C=O) groups excluding carboxylic acids is 1. The quantitative estimate of drug-likeness (QED) is 0.322. The number of nitrogen functional groups attached to an aromatic ring is 1. The predicted octanol–water partition coefficient (Wildman–Crippen LogP) is 4.38. The number of aliphatic hydroxyl groups is 1. The highest BCUT2D eigenvalue weighted by atomic mass is 19.1. The number of nitrogens with one attached hydrogen (secondary N) is 1. The normalized spacial score (nSPS) is 12.6. The first-order chi connectivity index (χ1) is 16.3. The van der Waals surface area contributed by atoms with Gasteiger partial charge in [0.2, 0.25) is 0 Å². The van der Waals surface area contributed by atoms with Gasteiger partial charge >= 0.3 is 5.97 Å². The maximum absolute atomic E-state index is 13.9. The van der Waals surface area contributed by atoms with Crippen molar-refractivity contribution in [3.05, 3.63) is 88.7 Å². The van der Waals surface area contributed by atoms with Gasteiger partial charge in [-0.05, 0) is 60.7 Å². The van der Waals surface area contributed by atoms with Gasteiger partial charge in [-0.25, -0.2) is 9.18 Å². The van der Waals surface area contributed by atoms with Gasteiger partial charge in [0.25, 0.3) is 0 Å². The number of benzene rings is 3. The minimum atomic E-state index is -0.980. The van der Waals surface area contributed by atoms with Gasteiger partial charge in [0, 0.05) is 12.6 Å². The summed E-state index contributed by atoms with van der Waals surface area (Å²) in [6.07, 6.45) is -0.280. The van der Waals surface area contributed by atoms with Gasteiger partial charge in [-0.15, -0.1) is 0 Å². The molecule has 0 saturated carbocycles. The van der Waals surface area contributed by atoms with Crippen LogP contribution < -0.4 is 11.1 Å². The molecule has 0 bridgehead atoms. The Kier molecular flexibility index (Phi) is 8.36. The molecule has 7 heteroatoms. The van der Waals surface area contributed by atoms with Gasteiger partial charge in [-0.3, -0.25) is 0 Å². The Morgan fingerprint density at radius 2 is 1.91 bits per heavy atom. The van der Waals surface area contributed by atoms with Crippen molar-refractivity contribution in [2.45, 2.75) is 32.4 Å². The first-order valence-corrected chi connectivity index (χ1v) is 11.1. The molecule has 3 aromatic carbocycles. The third kappa shape index (κ3) is 5.98. The van der Waals surface area contributed by atoms with Gasteiger partial charge in [0.05, 0.1) is 29.5 Å². The molecule has 0 heterocycles. The first-order valence-electron chi connectivity index (χ1n) is 11.1. The minimum Gasteiger partial charge on any atom is -0.462 e. The topological polar surface area (TPSA) is 108 Å². The zero-order chi connectivity index (χ0) is 24.7. The van der Waals surface area contributed by atoms with Crippen molar-refractivity contribution in [1.29, 1.82) is 5.26 Å². The average molecular weight is 462 g/mol. The second-order valence-corrected chi connectivity index (χ2v) is 8.07. The number of halogens is 1. The second kappa shape index (κ2) is 11.4. The smallest absolute Gasteiger partial charge is 0.338 e. The highest BCUT2D eigenvalue weighted by molar-refractivity contribution is 5.97. The number of hydrogen-bond acceptors (Lipinski definition) is 6. The number of rotatable bonds is 9. The Balaban J connectivity index is 1.62. The fraction of sp³-hybridized carbons (Fsp3) is 0.259. The number of anilines is 1. The van der Waals surface area contributed by atoms with Crippen LogP contribution in [0.4, 0.5) is 10.1 Å². The van der Waals surface area contributed by atoms with Crippen molar-refractivity contribution >= 4 is 11.7 Å². The van der Waals surface area contributed by atoms with Gasteiger partial charge in [0.15, 0.2) is 0 Å². The molecule has 3 rings (SSSR count). The number of esters is 1. The summed E-state index contributed by atoms with van der Waals surface area (Å²) < 4.78 is 19.1. The van der Waals surface area contributed by atoms with E-state index in [9.17, 15) is 14.3 Å². The molecule has 0 aromatic heterocycles. The molecule has 0 aliphatic carbocycles. The van der Waals surface area contributed by atoms with Crippen molar-refractivity contribution < 1.29 is 19.0 Å². The Bertz CT molecular complexity index is 1190. The fourth-order valence-electron chi connectivity index (χ4n) is 3.72. The van der Waals surface area contributed by atoms with E-state index in [0.717, 1.165) is 22.8 Å². The third-order valence-electron chi connectivity index (χ3n) is 5.55. The molecule has 0 amide bonds. The summed E-state index contributed by atoms with van der Waals surface area (Å²) in [6.45, 7) is 4.28. The number of carbonyl (C=O) groups is 1. The third-order valence-corrected chi connectivity index (χ3v) is 5.55.